The highest BCUT2D eigenvalue weighted by atomic mass is 32.2. The number of hydrogen-bond donors (Lipinski definition) is 1. The van der Waals surface area contributed by atoms with Crippen molar-refractivity contribution in [2.24, 2.45) is 0 Å². The number of nitrogens with one attached hydrogen (secondary N) is 1. The molecular weight excluding hydrogens is 427 g/mol. The van der Waals surface area contributed by atoms with Gasteiger partial charge in [-0.25, -0.2) is 4.39 Å². The van der Waals surface area contributed by atoms with Crippen molar-refractivity contribution in [2.45, 2.75) is 58.0 Å². The Bertz CT molecular complexity index is 858. The van der Waals surface area contributed by atoms with Crippen LogP contribution >= 0.6 is 11.8 Å². The highest BCUT2D eigenvalue weighted by molar-refractivity contribution is 7.99. The van der Waals surface area contributed by atoms with Crippen LogP contribution in [0.4, 0.5) is 4.39 Å². The molecule has 0 spiro atoms. The predicted molar refractivity (Wildman–Crippen MR) is 128 cm³/mol. The van der Waals surface area contributed by atoms with Crippen LogP contribution in [0.1, 0.15) is 44.7 Å². The number of ether oxygens (including phenoxy) is 1. The van der Waals surface area contributed by atoms with Gasteiger partial charge in [-0.05, 0) is 55.2 Å². The highest BCUT2D eigenvalue weighted by Gasteiger charge is 2.29. The van der Waals surface area contributed by atoms with E-state index in [1.165, 1.54) is 23.9 Å². The van der Waals surface area contributed by atoms with Crippen molar-refractivity contribution < 1.29 is 18.7 Å². The zero-order chi connectivity index (χ0) is 23.5. The maximum Gasteiger partial charge on any atom is 0.243 e. The third kappa shape index (κ3) is 7.86. The Balaban J connectivity index is 2.13. The average Bonchev–Trinajstić information content (AvgIpc) is 2.80. The number of nitrogens with zero attached hydrogens (tertiary/aromatic N) is 1. The molecule has 2 atom stereocenters. The van der Waals surface area contributed by atoms with Crippen LogP contribution in [-0.2, 0) is 21.9 Å². The summed E-state index contributed by atoms with van der Waals surface area (Å²) in [5, 5.41) is 3.01. The summed E-state index contributed by atoms with van der Waals surface area (Å²) < 4.78 is 18.3. The number of methoxy groups -OCH3 is 1. The van der Waals surface area contributed by atoms with Crippen LogP contribution in [0.5, 0.6) is 5.75 Å². The molecule has 1 N–H and O–H groups in total. The lowest BCUT2D eigenvalue weighted by molar-refractivity contribution is -0.139. The van der Waals surface area contributed by atoms with E-state index in [4.69, 9.17) is 4.74 Å². The van der Waals surface area contributed by atoms with Gasteiger partial charge in [0, 0.05) is 18.3 Å². The predicted octanol–water partition coefficient (Wildman–Crippen LogP) is 4.79. The molecule has 0 fully saturated rings. The number of carbonyl (C=O) groups is 2. The minimum absolute atomic E-state index is 0.0438. The third-order valence-corrected chi connectivity index (χ3v) is 6.29. The molecule has 2 amide bonds. The zero-order valence-electron chi connectivity index (χ0n) is 19.3. The van der Waals surface area contributed by atoms with Crippen LogP contribution in [-0.4, -0.2) is 41.7 Å². The maximum atomic E-state index is 13.2. The lowest BCUT2D eigenvalue weighted by Gasteiger charge is -2.31. The molecule has 174 valence electrons. The molecule has 0 saturated heterocycles. The van der Waals surface area contributed by atoms with E-state index in [1.54, 1.807) is 24.1 Å². The van der Waals surface area contributed by atoms with E-state index in [2.05, 4.69) is 5.32 Å². The first kappa shape index (κ1) is 25.7. The van der Waals surface area contributed by atoms with E-state index in [1.807, 2.05) is 45.0 Å². The van der Waals surface area contributed by atoms with Gasteiger partial charge in [-0.15, -0.1) is 11.8 Å². The second kappa shape index (κ2) is 13.1. The van der Waals surface area contributed by atoms with Crippen molar-refractivity contribution in [2.75, 3.05) is 12.9 Å². The van der Waals surface area contributed by atoms with Gasteiger partial charge in [-0.1, -0.05) is 38.1 Å². The lowest BCUT2D eigenvalue weighted by Crippen LogP contribution is -2.51. The molecule has 0 aliphatic carbocycles. The fourth-order valence-electron chi connectivity index (χ4n) is 3.21. The Morgan fingerprint density at radius 3 is 2.22 bits per heavy atom. The van der Waals surface area contributed by atoms with Crippen molar-refractivity contribution in [3.05, 3.63) is 65.5 Å². The second-order valence-electron chi connectivity index (χ2n) is 7.73. The molecule has 0 aliphatic heterocycles. The number of hydrogen-bond acceptors (Lipinski definition) is 4. The fourth-order valence-corrected chi connectivity index (χ4v) is 4.08. The molecule has 7 heteroatoms. The average molecular weight is 461 g/mol. The molecule has 0 unspecified atom stereocenters. The van der Waals surface area contributed by atoms with E-state index in [0.29, 0.717) is 18.7 Å². The van der Waals surface area contributed by atoms with Crippen LogP contribution in [0.25, 0.3) is 0 Å². The summed E-state index contributed by atoms with van der Waals surface area (Å²) in [5.41, 5.74) is 1.88. The van der Waals surface area contributed by atoms with Crippen molar-refractivity contribution in [3.63, 3.8) is 0 Å². The van der Waals surface area contributed by atoms with Gasteiger partial charge in [-0.3, -0.25) is 9.59 Å². The summed E-state index contributed by atoms with van der Waals surface area (Å²) in [6.07, 6.45) is 1.34. The Kier molecular flexibility index (Phi) is 10.5. The van der Waals surface area contributed by atoms with Crippen LogP contribution in [0.3, 0.4) is 0 Å². The van der Waals surface area contributed by atoms with Crippen LogP contribution < -0.4 is 10.1 Å². The van der Waals surface area contributed by atoms with Gasteiger partial charge in [0.25, 0.3) is 0 Å². The van der Waals surface area contributed by atoms with E-state index < -0.39 is 6.04 Å². The molecule has 0 heterocycles. The molecule has 0 saturated carbocycles. The molecule has 0 radical (unpaired) electrons. The standard InChI is InChI=1S/C25H33FN2O3S/c1-5-18(3)27-25(30)23(6-2)28(15-19-9-13-22(31-4)14-10-19)24(29)17-32-16-20-7-11-21(26)12-8-20/h7-14,18,23H,5-6,15-17H2,1-4H3,(H,27,30)/t18-,23+/m0/s1. The minimum atomic E-state index is -0.551. The Morgan fingerprint density at radius 1 is 1.03 bits per heavy atom. The topological polar surface area (TPSA) is 58.6 Å². The smallest absolute Gasteiger partial charge is 0.243 e. The highest BCUT2D eigenvalue weighted by Crippen LogP contribution is 2.19. The Morgan fingerprint density at radius 2 is 1.66 bits per heavy atom. The molecular formula is C25H33FN2O3S. The number of amides is 2. The van der Waals surface area contributed by atoms with Crippen LogP contribution in [0.2, 0.25) is 0 Å². The SMILES string of the molecule is CC[C@H](C(=O)N[C@@H](C)CC)N(Cc1ccc(OC)cc1)C(=O)CSCc1ccc(F)cc1. The maximum absolute atomic E-state index is 13.2. The van der Waals surface area contributed by atoms with E-state index in [-0.39, 0.29) is 29.4 Å². The molecule has 0 bridgehead atoms. The quantitative estimate of drug-likeness (QED) is 0.495. The molecule has 5 nitrogen and oxygen atoms in total. The fraction of sp³-hybridized carbons (Fsp3) is 0.440. The van der Waals surface area contributed by atoms with Crippen molar-refractivity contribution in [3.8, 4) is 5.75 Å². The third-order valence-electron chi connectivity index (χ3n) is 5.31. The van der Waals surface area contributed by atoms with E-state index >= 15 is 0 Å². The van der Waals surface area contributed by atoms with Crippen molar-refractivity contribution in [1.82, 2.24) is 10.2 Å². The minimum Gasteiger partial charge on any atom is -0.497 e. The number of carbonyl (C=O) groups excluding carboxylic acids is 2. The zero-order valence-corrected chi connectivity index (χ0v) is 20.1. The first-order valence-corrected chi connectivity index (χ1v) is 12.1. The number of thioether (sulfide) groups is 1. The Hall–Kier alpha value is -2.54. The van der Waals surface area contributed by atoms with Gasteiger partial charge in [0.05, 0.1) is 12.9 Å². The van der Waals surface area contributed by atoms with Gasteiger partial charge >= 0.3 is 0 Å². The first-order chi connectivity index (χ1) is 15.4. The number of rotatable bonds is 12. The molecule has 2 aromatic carbocycles. The van der Waals surface area contributed by atoms with Gasteiger partial charge in [0.1, 0.15) is 17.6 Å². The largest absolute Gasteiger partial charge is 0.497 e. The first-order valence-electron chi connectivity index (χ1n) is 10.9. The van der Waals surface area contributed by atoms with Crippen LogP contribution in [0, 0.1) is 5.82 Å². The normalized spacial score (nSPS) is 12.7. The van der Waals surface area contributed by atoms with Gasteiger partial charge in [-0.2, -0.15) is 0 Å². The molecule has 2 aromatic rings. The monoisotopic (exact) mass is 460 g/mol. The summed E-state index contributed by atoms with van der Waals surface area (Å²) in [5.74, 6) is 1.06. The van der Waals surface area contributed by atoms with E-state index in [9.17, 15) is 14.0 Å². The lowest BCUT2D eigenvalue weighted by atomic mass is 10.1. The second-order valence-corrected chi connectivity index (χ2v) is 8.72. The molecule has 0 aliphatic rings. The summed E-state index contributed by atoms with van der Waals surface area (Å²) in [7, 11) is 1.61. The van der Waals surface area contributed by atoms with Gasteiger partial charge < -0.3 is 15.0 Å². The number of benzene rings is 2. The van der Waals surface area contributed by atoms with Crippen molar-refractivity contribution >= 4 is 23.6 Å². The number of halogens is 1. The van der Waals surface area contributed by atoms with E-state index in [0.717, 1.165) is 23.3 Å². The molecule has 32 heavy (non-hydrogen) atoms. The van der Waals surface area contributed by atoms with Gasteiger partial charge in [0.2, 0.25) is 11.8 Å². The van der Waals surface area contributed by atoms with Crippen LogP contribution in [0.15, 0.2) is 48.5 Å². The molecule has 2 rings (SSSR count). The summed E-state index contributed by atoms with van der Waals surface area (Å²) in [6, 6.07) is 13.3. The molecule has 0 aromatic heterocycles. The van der Waals surface area contributed by atoms with Gasteiger partial charge in [0.15, 0.2) is 0 Å². The van der Waals surface area contributed by atoms with Crippen molar-refractivity contribution in [1.29, 1.82) is 0 Å². The summed E-state index contributed by atoms with van der Waals surface area (Å²) in [6.45, 7) is 6.23. The summed E-state index contributed by atoms with van der Waals surface area (Å²) >= 11 is 1.46. The Labute approximate surface area is 194 Å². The summed E-state index contributed by atoms with van der Waals surface area (Å²) in [4.78, 5) is 27.8.